The van der Waals surface area contributed by atoms with E-state index in [4.69, 9.17) is 14.2 Å². The number of aromatic nitrogens is 1. The third kappa shape index (κ3) is 4.57. The molecule has 3 aromatic rings. The van der Waals surface area contributed by atoms with Crippen molar-refractivity contribution in [1.82, 2.24) is 9.88 Å². The van der Waals surface area contributed by atoms with Crippen LogP contribution in [-0.4, -0.2) is 48.2 Å². The van der Waals surface area contributed by atoms with Crippen LogP contribution in [0.2, 0.25) is 0 Å². The second-order valence-electron chi connectivity index (χ2n) is 8.43. The van der Waals surface area contributed by atoms with E-state index in [0.717, 1.165) is 5.56 Å². The Morgan fingerprint density at radius 3 is 2.41 bits per heavy atom. The van der Waals surface area contributed by atoms with Crippen molar-refractivity contribution in [3.8, 4) is 17.1 Å². The van der Waals surface area contributed by atoms with Crippen molar-refractivity contribution in [3.05, 3.63) is 83.7 Å². The standard InChI is InChI=1S/C26H23FN2O5/c1-32-25(30)18-11-22(17-7-9-19(27)10-8-17)28-23(12-18)34-24-20-13-29(14-21(20)24)26(31)33-15-16-5-3-2-4-6-16/h2-12,20-21,24H,13-15H2,1H3/t20-,21+,24?. The summed E-state index contributed by atoms with van der Waals surface area (Å²) in [6, 6.07) is 18.5. The Labute approximate surface area is 196 Å². The minimum absolute atomic E-state index is 0.0976. The first-order valence-corrected chi connectivity index (χ1v) is 11.0. The molecule has 34 heavy (non-hydrogen) atoms. The van der Waals surface area contributed by atoms with E-state index in [1.165, 1.54) is 19.2 Å². The van der Waals surface area contributed by atoms with Gasteiger partial charge >= 0.3 is 12.1 Å². The van der Waals surface area contributed by atoms with E-state index >= 15 is 0 Å². The van der Waals surface area contributed by atoms with Gasteiger partial charge in [0.1, 0.15) is 18.5 Å². The summed E-state index contributed by atoms with van der Waals surface area (Å²) in [5.41, 5.74) is 2.37. The Balaban J connectivity index is 1.23. The molecule has 1 aromatic heterocycles. The molecule has 1 unspecified atom stereocenters. The van der Waals surface area contributed by atoms with Gasteiger partial charge in [0.15, 0.2) is 0 Å². The van der Waals surface area contributed by atoms with E-state index in [9.17, 15) is 14.0 Å². The minimum atomic E-state index is -0.515. The van der Waals surface area contributed by atoms with E-state index < -0.39 is 5.97 Å². The van der Waals surface area contributed by atoms with Crippen LogP contribution in [0.5, 0.6) is 5.88 Å². The topological polar surface area (TPSA) is 78.0 Å². The Morgan fingerprint density at radius 1 is 1.03 bits per heavy atom. The number of fused-ring (bicyclic) bond motifs is 1. The number of likely N-dealkylation sites (tertiary alicyclic amines) is 1. The number of halogens is 1. The van der Waals surface area contributed by atoms with Crippen LogP contribution in [0.25, 0.3) is 11.3 Å². The van der Waals surface area contributed by atoms with Crippen LogP contribution >= 0.6 is 0 Å². The smallest absolute Gasteiger partial charge is 0.410 e. The molecule has 174 valence electrons. The normalized spacial score (nSPS) is 20.4. The maximum atomic E-state index is 13.3. The van der Waals surface area contributed by atoms with Crippen LogP contribution in [-0.2, 0) is 16.1 Å². The van der Waals surface area contributed by atoms with E-state index in [1.54, 1.807) is 29.2 Å². The van der Waals surface area contributed by atoms with Crippen molar-refractivity contribution in [3.63, 3.8) is 0 Å². The number of ether oxygens (including phenoxy) is 3. The molecule has 2 aromatic carbocycles. The molecule has 1 amide bonds. The molecule has 5 rings (SSSR count). The number of amides is 1. The van der Waals surface area contributed by atoms with Gasteiger partial charge in [-0.25, -0.2) is 19.0 Å². The maximum absolute atomic E-state index is 13.3. The molecule has 1 saturated carbocycles. The van der Waals surface area contributed by atoms with Crippen molar-refractivity contribution in [1.29, 1.82) is 0 Å². The van der Waals surface area contributed by atoms with Gasteiger partial charge in [-0.2, -0.15) is 0 Å². The Bertz CT molecular complexity index is 1190. The predicted molar refractivity (Wildman–Crippen MR) is 121 cm³/mol. The highest BCUT2D eigenvalue weighted by Crippen LogP contribution is 2.48. The summed E-state index contributed by atoms with van der Waals surface area (Å²) in [4.78, 5) is 30.8. The number of hydrogen-bond donors (Lipinski definition) is 0. The summed E-state index contributed by atoms with van der Waals surface area (Å²) in [5, 5.41) is 0. The van der Waals surface area contributed by atoms with Crippen LogP contribution in [0.3, 0.4) is 0 Å². The summed E-state index contributed by atoms with van der Waals surface area (Å²) in [7, 11) is 1.30. The highest BCUT2D eigenvalue weighted by molar-refractivity contribution is 5.91. The molecular weight excluding hydrogens is 439 g/mol. The fraction of sp³-hybridized carbons (Fsp3) is 0.269. The monoisotopic (exact) mass is 462 g/mol. The van der Waals surface area contributed by atoms with Gasteiger partial charge in [-0.3, -0.25) is 0 Å². The number of hydrogen-bond acceptors (Lipinski definition) is 6. The lowest BCUT2D eigenvalue weighted by molar-refractivity contribution is 0.0599. The molecular formula is C26H23FN2O5. The third-order valence-electron chi connectivity index (χ3n) is 6.20. The molecule has 0 bridgehead atoms. The second-order valence-corrected chi connectivity index (χ2v) is 8.43. The molecule has 7 nitrogen and oxygen atoms in total. The lowest BCUT2D eigenvalue weighted by Crippen LogP contribution is -2.33. The summed E-state index contributed by atoms with van der Waals surface area (Å²) < 4.78 is 29.7. The van der Waals surface area contributed by atoms with Crippen LogP contribution in [0.1, 0.15) is 15.9 Å². The minimum Gasteiger partial charge on any atom is -0.474 e. The van der Waals surface area contributed by atoms with Gasteiger partial charge in [-0.15, -0.1) is 0 Å². The van der Waals surface area contributed by atoms with E-state index in [-0.39, 0.29) is 36.5 Å². The molecule has 3 atom stereocenters. The highest BCUT2D eigenvalue weighted by atomic mass is 19.1. The van der Waals surface area contributed by atoms with Gasteiger partial charge in [0.2, 0.25) is 5.88 Å². The first kappa shape index (κ1) is 21.9. The number of carbonyl (C=O) groups is 2. The molecule has 2 aliphatic rings. The molecule has 1 saturated heterocycles. The molecule has 0 spiro atoms. The number of rotatable bonds is 6. The zero-order valence-corrected chi connectivity index (χ0v) is 18.5. The van der Waals surface area contributed by atoms with Gasteiger partial charge in [-0.05, 0) is 35.9 Å². The molecule has 8 heteroatoms. The number of methoxy groups -OCH3 is 1. The Morgan fingerprint density at radius 2 is 1.74 bits per heavy atom. The van der Waals surface area contributed by atoms with Crippen LogP contribution in [0.4, 0.5) is 9.18 Å². The highest BCUT2D eigenvalue weighted by Gasteiger charge is 2.59. The fourth-order valence-corrected chi connectivity index (χ4v) is 4.32. The predicted octanol–water partition coefficient (Wildman–Crippen LogP) is 4.32. The molecule has 1 aliphatic heterocycles. The first-order chi connectivity index (χ1) is 16.5. The van der Waals surface area contributed by atoms with E-state index in [0.29, 0.717) is 35.8 Å². The van der Waals surface area contributed by atoms with E-state index in [1.807, 2.05) is 30.3 Å². The average molecular weight is 462 g/mol. The van der Waals surface area contributed by atoms with Crippen molar-refractivity contribution in [2.24, 2.45) is 11.8 Å². The SMILES string of the molecule is COC(=O)c1cc(OC2[C@H]3CN(C(=O)OCc4ccccc4)C[C@@H]23)nc(-c2ccc(F)cc2)c1. The fourth-order valence-electron chi connectivity index (χ4n) is 4.32. The first-order valence-electron chi connectivity index (χ1n) is 11.0. The average Bonchev–Trinajstić information content (AvgIpc) is 3.29. The van der Waals surface area contributed by atoms with Gasteiger partial charge in [0.05, 0.1) is 18.4 Å². The van der Waals surface area contributed by atoms with Gasteiger partial charge < -0.3 is 19.1 Å². The van der Waals surface area contributed by atoms with Gasteiger partial charge in [0.25, 0.3) is 0 Å². The third-order valence-corrected chi connectivity index (χ3v) is 6.20. The van der Waals surface area contributed by atoms with Crippen molar-refractivity contribution in [2.45, 2.75) is 12.7 Å². The van der Waals surface area contributed by atoms with Crippen molar-refractivity contribution < 1.29 is 28.2 Å². The molecule has 0 radical (unpaired) electrons. The van der Waals surface area contributed by atoms with Crippen LogP contribution in [0, 0.1) is 17.7 Å². The number of pyridine rings is 1. The molecule has 2 heterocycles. The lowest BCUT2D eigenvalue weighted by Gasteiger charge is -2.20. The second kappa shape index (κ2) is 9.13. The largest absolute Gasteiger partial charge is 0.474 e. The van der Waals surface area contributed by atoms with Crippen LogP contribution in [0.15, 0.2) is 66.7 Å². The Kier molecular flexibility index (Phi) is 5.88. The number of nitrogens with zero attached hydrogens (tertiary/aromatic N) is 2. The van der Waals surface area contributed by atoms with Gasteiger partial charge in [0, 0.05) is 36.6 Å². The van der Waals surface area contributed by atoms with E-state index in [2.05, 4.69) is 4.98 Å². The summed E-state index contributed by atoms with van der Waals surface area (Å²) in [6.07, 6.45) is -0.432. The van der Waals surface area contributed by atoms with Crippen LogP contribution < -0.4 is 4.74 Å². The van der Waals surface area contributed by atoms with Gasteiger partial charge in [-0.1, -0.05) is 30.3 Å². The molecule has 2 fully saturated rings. The maximum Gasteiger partial charge on any atom is 0.410 e. The number of piperidine rings is 1. The number of carbonyl (C=O) groups excluding carboxylic acids is 2. The van der Waals surface area contributed by atoms with Crippen molar-refractivity contribution in [2.75, 3.05) is 20.2 Å². The number of esters is 1. The quantitative estimate of drug-likeness (QED) is 0.508. The zero-order valence-electron chi connectivity index (χ0n) is 18.5. The zero-order chi connectivity index (χ0) is 23.7. The van der Waals surface area contributed by atoms with Crippen molar-refractivity contribution >= 4 is 12.1 Å². The number of benzene rings is 2. The molecule has 0 N–H and O–H groups in total. The lowest BCUT2D eigenvalue weighted by atomic mass is 10.1. The summed E-state index contributed by atoms with van der Waals surface area (Å²) in [6.45, 7) is 1.33. The Hall–Kier alpha value is -3.94. The summed E-state index contributed by atoms with van der Waals surface area (Å²) in [5.74, 6) is -0.218. The molecule has 1 aliphatic carbocycles. The summed E-state index contributed by atoms with van der Waals surface area (Å²) >= 11 is 0.